The summed E-state index contributed by atoms with van der Waals surface area (Å²) in [5, 5.41) is 2.64. The third kappa shape index (κ3) is 8.22. The number of ether oxygens (including phenoxy) is 6. The minimum atomic E-state index is -3.63. The van der Waals surface area contributed by atoms with Crippen molar-refractivity contribution >= 4 is 29.6 Å². The van der Waals surface area contributed by atoms with Gasteiger partial charge in [0.1, 0.15) is 12.7 Å². The predicted octanol–water partition coefficient (Wildman–Crippen LogP) is 6.81. The molecule has 1 unspecified atom stereocenters. The van der Waals surface area contributed by atoms with Crippen molar-refractivity contribution < 1.29 is 56.4 Å². The number of hydrogen-bond acceptors (Lipinski definition) is 11. The normalized spacial score (nSPS) is 22.3. The van der Waals surface area contributed by atoms with E-state index in [1.807, 2.05) is 0 Å². The van der Waals surface area contributed by atoms with Crippen LogP contribution in [0.25, 0.3) is 0 Å². The number of hydrogen-bond donors (Lipinski definition) is 1. The summed E-state index contributed by atoms with van der Waals surface area (Å²) in [6, 6.07) is 37.0. The summed E-state index contributed by atoms with van der Waals surface area (Å²) >= 11 is 0. The average Bonchev–Trinajstić information content (AvgIpc) is 3.48. The van der Waals surface area contributed by atoms with Crippen LogP contribution in [0.15, 0.2) is 146 Å². The first-order valence-corrected chi connectivity index (χ1v) is 17.2. The molecule has 1 N–H and O–H groups in total. The molecule has 1 fully saturated rings. The molecule has 5 aromatic carbocycles. The van der Waals surface area contributed by atoms with Crippen molar-refractivity contribution in [3.05, 3.63) is 173 Å². The Kier molecular flexibility index (Phi) is 10.9. The van der Waals surface area contributed by atoms with Crippen LogP contribution in [0.1, 0.15) is 47.0 Å². The number of benzene rings is 5. The molecule has 2 aliphatic heterocycles. The first-order valence-electron chi connectivity index (χ1n) is 17.2. The van der Waals surface area contributed by atoms with Gasteiger partial charge in [-0.1, -0.05) is 91.0 Å². The van der Waals surface area contributed by atoms with E-state index in [1.54, 1.807) is 78.9 Å². The standard InChI is InChI=1S/C42H33F2NO10/c43-42(44)30-23-13-14-24-31(30)45-41(42)55-40-35(54-39(49)29-21-11-4-12-22-29)34(53-38(48)28-19-9-3-10-20-28)33(52-37(47)27-17-7-2-8-18-27)32(51-40)25-50-36(46)26-15-5-1-6-16-26/h1-24,32-35,40-41,45H,25H2/t32-,33+,34+,35-,40+,41?/m1/s1. The molecule has 0 aliphatic carbocycles. The molecule has 1 saturated heterocycles. The molecule has 0 spiro atoms. The highest BCUT2D eigenvalue weighted by Gasteiger charge is 2.57. The van der Waals surface area contributed by atoms with E-state index >= 15 is 8.78 Å². The maximum absolute atomic E-state index is 15.9. The number of carbonyl (C=O) groups is 4. The third-order valence-electron chi connectivity index (χ3n) is 8.91. The fourth-order valence-electron chi connectivity index (χ4n) is 6.16. The van der Waals surface area contributed by atoms with Crippen LogP contribution in [0.3, 0.4) is 0 Å². The van der Waals surface area contributed by atoms with E-state index in [0.29, 0.717) is 0 Å². The van der Waals surface area contributed by atoms with E-state index in [4.69, 9.17) is 28.4 Å². The van der Waals surface area contributed by atoms with Crippen molar-refractivity contribution in [2.75, 3.05) is 11.9 Å². The zero-order chi connectivity index (χ0) is 38.4. The third-order valence-corrected chi connectivity index (χ3v) is 8.91. The van der Waals surface area contributed by atoms with Gasteiger partial charge in [0.2, 0.25) is 6.29 Å². The average molecular weight is 750 g/mol. The molecule has 0 amide bonds. The molecule has 2 heterocycles. The Labute approximate surface area is 313 Å². The van der Waals surface area contributed by atoms with E-state index in [-0.39, 0.29) is 33.5 Å². The highest BCUT2D eigenvalue weighted by atomic mass is 19.3. The number of fused-ring (bicyclic) bond motifs is 1. The lowest BCUT2D eigenvalue weighted by atomic mass is 9.97. The molecule has 0 radical (unpaired) electrons. The Morgan fingerprint density at radius 2 is 0.964 bits per heavy atom. The summed E-state index contributed by atoms with van der Waals surface area (Å²) < 4.78 is 67.5. The van der Waals surface area contributed by atoms with Crippen molar-refractivity contribution in [1.82, 2.24) is 0 Å². The first kappa shape index (κ1) is 36.9. The SMILES string of the molecule is O=C(OC[C@H]1O[C@@H](OC2Nc3ccccc3C2(F)F)[C@H](OC(=O)c2ccccc2)[C@@H](OC(=O)c2ccccc2)[C@H]1OC(=O)c1ccccc1)c1ccccc1. The summed E-state index contributed by atoms with van der Waals surface area (Å²) in [7, 11) is 0. The first-order chi connectivity index (χ1) is 26.7. The van der Waals surface area contributed by atoms with Crippen LogP contribution >= 0.6 is 0 Å². The van der Waals surface area contributed by atoms with Gasteiger partial charge in [-0.15, -0.1) is 0 Å². The van der Waals surface area contributed by atoms with Crippen molar-refractivity contribution in [3.63, 3.8) is 0 Å². The molecule has 0 bridgehead atoms. The van der Waals surface area contributed by atoms with Gasteiger partial charge in [0, 0.05) is 11.3 Å². The smallest absolute Gasteiger partial charge is 0.338 e. The molecule has 0 saturated carbocycles. The summed E-state index contributed by atoms with van der Waals surface area (Å²) in [5.74, 6) is -7.22. The Morgan fingerprint density at radius 1 is 0.545 bits per heavy atom. The molecular formula is C42H33F2NO10. The Morgan fingerprint density at radius 3 is 1.45 bits per heavy atom. The van der Waals surface area contributed by atoms with Crippen molar-refractivity contribution in [2.45, 2.75) is 42.9 Å². The lowest BCUT2D eigenvalue weighted by Crippen LogP contribution is -2.64. The second kappa shape index (κ2) is 16.3. The summed E-state index contributed by atoms with van der Waals surface area (Å²) in [6.07, 6.45) is -10.8. The predicted molar refractivity (Wildman–Crippen MR) is 191 cm³/mol. The van der Waals surface area contributed by atoms with Gasteiger partial charge in [-0.3, -0.25) is 0 Å². The van der Waals surface area contributed by atoms with Crippen LogP contribution in [0, 0.1) is 0 Å². The molecular weight excluding hydrogens is 716 g/mol. The number of nitrogens with one attached hydrogen (secondary N) is 1. The monoisotopic (exact) mass is 749 g/mol. The van der Waals surface area contributed by atoms with Crippen LogP contribution in [0.5, 0.6) is 0 Å². The molecule has 2 aliphatic rings. The fraction of sp³-hybridized carbons (Fsp3) is 0.190. The second-order valence-electron chi connectivity index (χ2n) is 12.5. The zero-order valence-electron chi connectivity index (χ0n) is 28.9. The lowest BCUT2D eigenvalue weighted by Gasteiger charge is -2.45. The molecule has 55 heavy (non-hydrogen) atoms. The quantitative estimate of drug-likeness (QED) is 0.113. The Balaban J connectivity index is 1.30. The summed E-state index contributed by atoms with van der Waals surface area (Å²) in [6.45, 7) is -0.645. The highest BCUT2D eigenvalue weighted by molar-refractivity contribution is 5.91. The van der Waals surface area contributed by atoms with Crippen LogP contribution in [-0.2, 0) is 34.3 Å². The van der Waals surface area contributed by atoms with Gasteiger partial charge in [-0.2, -0.15) is 8.78 Å². The van der Waals surface area contributed by atoms with Gasteiger partial charge in [-0.25, -0.2) is 19.2 Å². The lowest BCUT2D eigenvalue weighted by molar-refractivity contribution is -0.321. The molecule has 5 aromatic rings. The van der Waals surface area contributed by atoms with Gasteiger partial charge in [0.05, 0.1) is 22.3 Å². The molecule has 6 atom stereocenters. The van der Waals surface area contributed by atoms with Gasteiger partial charge in [-0.05, 0) is 54.6 Å². The van der Waals surface area contributed by atoms with E-state index in [2.05, 4.69) is 5.32 Å². The number of esters is 4. The van der Waals surface area contributed by atoms with Gasteiger partial charge in [0.15, 0.2) is 24.5 Å². The maximum Gasteiger partial charge on any atom is 0.338 e. The fourth-order valence-corrected chi connectivity index (χ4v) is 6.16. The number of anilines is 1. The zero-order valence-corrected chi connectivity index (χ0v) is 28.9. The van der Waals surface area contributed by atoms with Gasteiger partial charge < -0.3 is 33.7 Å². The number of para-hydroxylation sites is 1. The summed E-state index contributed by atoms with van der Waals surface area (Å²) in [4.78, 5) is 54.3. The topological polar surface area (TPSA) is 136 Å². The van der Waals surface area contributed by atoms with Crippen molar-refractivity contribution in [3.8, 4) is 0 Å². The van der Waals surface area contributed by atoms with Gasteiger partial charge in [0.25, 0.3) is 0 Å². The molecule has 11 nitrogen and oxygen atoms in total. The number of halogens is 2. The molecule has 7 rings (SSSR count). The van der Waals surface area contributed by atoms with E-state index in [1.165, 1.54) is 66.7 Å². The maximum atomic E-state index is 15.9. The van der Waals surface area contributed by atoms with Crippen LogP contribution < -0.4 is 5.32 Å². The number of carbonyl (C=O) groups excluding carboxylic acids is 4. The highest BCUT2D eigenvalue weighted by Crippen LogP contribution is 2.45. The van der Waals surface area contributed by atoms with Crippen LogP contribution in [0.2, 0.25) is 0 Å². The number of rotatable bonds is 11. The van der Waals surface area contributed by atoms with E-state index in [0.717, 1.165) is 0 Å². The van der Waals surface area contributed by atoms with Crippen LogP contribution in [-0.4, -0.2) is 67.4 Å². The minimum Gasteiger partial charge on any atom is -0.459 e. The Bertz CT molecular complexity index is 2120. The van der Waals surface area contributed by atoms with E-state index in [9.17, 15) is 19.2 Å². The molecule has 0 aromatic heterocycles. The van der Waals surface area contributed by atoms with E-state index < -0.39 is 73.3 Å². The number of alkyl halides is 2. The van der Waals surface area contributed by atoms with Crippen LogP contribution in [0.4, 0.5) is 14.5 Å². The van der Waals surface area contributed by atoms with Gasteiger partial charge >= 0.3 is 29.8 Å². The minimum absolute atomic E-state index is 0.0582. The summed E-state index contributed by atoms with van der Waals surface area (Å²) in [5.41, 5.74) is 0.129. The largest absolute Gasteiger partial charge is 0.459 e. The van der Waals surface area contributed by atoms with Crippen molar-refractivity contribution in [1.29, 1.82) is 0 Å². The Hall–Kier alpha value is -6.44. The van der Waals surface area contributed by atoms with Crippen molar-refractivity contribution in [2.24, 2.45) is 0 Å². The second-order valence-corrected chi connectivity index (χ2v) is 12.5. The molecule has 13 heteroatoms. The molecule has 280 valence electrons.